The number of rotatable bonds is 2. The number of aromatic nitrogens is 1. The number of fused-ring (bicyclic) bond motifs is 5. The van der Waals surface area contributed by atoms with E-state index in [4.69, 9.17) is 4.74 Å². The standard InChI is InChI=1S/C20H20N2O3S/c1-21-10-9-13(12-21)19-16-11-14(25-2)7-8-17(16)22-20(19)15-5-3-4-6-18(15)26(22,23)24/h3-8,11,13H,9-10,12H2,1-2H3. The van der Waals surface area contributed by atoms with Crippen LogP contribution in [0, 0.1) is 0 Å². The third-order valence-electron chi connectivity index (χ3n) is 5.63. The second kappa shape index (κ2) is 5.34. The Balaban J connectivity index is 1.92. The van der Waals surface area contributed by atoms with E-state index >= 15 is 0 Å². The molecule has 3 aromatic rings. The molecule has 0 radical (unpaired) electrons. The van der Waals surface area contributed by atoms with Gasteiger partial charge in [-0.1, -0.05) is 18.2 Å². The van der Waals surface area contributed by atoms with Crippen LogP contribution in [0.3, 0.4) is 0 Å². The number of hydrogen-bond donors (Lipinski definition) is 0. The molecule has 2 aromatic carbocycles. The van der Waals surface area contributed by atoms with Crippen molar-refractivity contribution in [2.24, 2.45) is 0 Å². The Bertz CT molecular complexity index is 1150. The number of ether oxygens (including phenoxy) is 1. The summed E-state index contributed by atoms with van der Waals surface area (Å²) in [7, 11) is 0.183. The molecule has 2 aliphatic rings. The summed E-state index contributed by atoms with van der Waals surface area (Å²) in [6.07, 6.45) is 1.03. The lowest BCUT2D eigenvalue weighted by Crippen LogP contribution is -2.13. The first-order chi connectivity index (χ1) is 12.5. The first-order valence-electron chi connectivity index (χ1n) is 8.78. The topological polar surface area (TPSA) is 51.5 Å². The van der Waals surface area contributed by atoms with Gasteiger partial charge in [0.05, 0.1) is 23.2 Å². The molecular weight excluding hydrogens is 348 g/mol. The summed E-state index contributed by atoms with van der Waals surface area (Å²) in [5.41, 5.74) is 3.52. The molecule has 0 amide bonds. The zero-order valence-corrected chi connectivity index (χ0v) is 15.6. The van der Waals surface area contributed by atoms with Gasteiger partial charge in [0.25, 0.3) is 10.0 Å². The Kier molecular flexibility index (Phi) is 3.27. The minimum absolute atomic E-state index is 0.312. The predicted molar refractivity (Wildman–Crippen MR) is 101 cm³/mol. The summed E-state index contributed by atoms with van der Waals surface area (Å²) >= 11 is 0. The van der Waals surface area contributed by atoms with Gasteiger partial charge in [-0.25, -0.2) is 12.4 Å². The van der Waals surface area contributed by atoms with E-state index in [1.54, 1.807) is 23.2 Å². The van der Waals surface area contributed by atoms with Crippen LogP contribution in [0.5, 0.6) is 5.75 Å². The van der Waals surface area contributed by atoms with E-state index < -0.39 is 10.0 Å². The van der Waals surface area contributed by atoms with Gasteiger partial charge in [0.15, 0.2) is 0 Å². The van der Waals surface area contributed by atoms with Crippen LogP contribution in [0.4, 0.5) is 0 Å². The number of likely N-dealkylation sites (tertiary alicyclic amines) is 1. The van der Waals surface area contributed by atoms with Crippen LogP contribution < -0.4 is 4.74 Å². The summed E-state index contributed by atoms with van der Waals surface area (Å²) in [5, 5.41) is 0.984. The van der Waals surface area contributed by atoms with E-state index in [0.717, 1.165) is 53.0 Å². The Labute approximate surface area is 152 Å². The molecule has 0 saturated carbocycles. The molecule has 0 N–H and O–H groups in total. The second-order valence-electron chi connectivity index (χ2n) is 7.16. The van der Waals surface area contributed by atoms with Gasteiger partial charge in [0, 0.05) is 23.4 Å². The van der Waals surface area contributed by atoms with Crippen molar-refractivity contribution in [1.82, 2.24) is 8.87 Å². The molecular formula is C20H20N2O3S. The predicted octanol–water partition coefficient (Wildman–Crippen LogP) is 3.29. The number of methoxy groups -OCH3 is 1. The quantitative estimate of drug-likeness (QED) is 0.545. The number of benzene rings is 2. The van der Waals surface area contributed by atoms with Gasteiger partial charge in [-0.2, -0.15) is 0 Å². The molecule has 5 nitrogen and oxygen atoms in total. The van der Waals surface area contributed by atoms with E-state index in [1.165, 1.54) is 0 Å². The molecule has 26 heavy (non-hydrogen) atoms. The Morgan fingerprint density at radius 3 is 2.69 bits per heavy atom. The van der Waals surface area contributed by atoms with Crippen LogP contribution in [0.15, 0.2) is 47.4 Å². The molecule has 134 valence electrons. The smallest absolute Gasteiger partial charge is 0.269 e. The molecule has 1 unspecified atom stereocenters. The summed E-state index contributed by atoms with van der Waals surface area (Å²) in [4.78, 5) is 2.70. The average Bonchev–Trinajstić information content (AvgIpc) is 3.27. The fourth-order valence-electron chi connectivity index (χ4n) is 4.47. The lowest BCUT2D eigenvalue weighted by atomic mass is 9.92. The van der Waals surface area contributed by atoms with E-state index in [9.17, 15) is 8.42 Å². The van der Waals surface area contributed by atoms with Crippen molar-refractivity contribution in [2.75, 3.05) is 27.2 Å². The highest BCUT2D eigenvalue weighted by atomic mass is 32.2. The van der Waals surface area contributed by atoms with Gasteiger partial charge in [0.1, 0.15) is 5.75 Å². The molecule has 1 fully saturated rings. The first-order valence-corrected chi connectivity index (χ1v) is 10.2. The number of hydrogen-bond acceptors (Lipinski definition) is 4. The SMILES string of the molecule is COc1ccc2c(c1)c(C1CCN(C)C1)c1n2S(=O)(=O)c2ccccc2-1. The first kappa shape index (κ1) is 15.9. The Morgan fingerprint density at radius 1 is 1.15 bits per heavy atom. The second-order valence-corrected chi connectivity index (χ2v) is 8.91. The van der Waals surface area contributed by atoms with Gasteiger partial charge in [-0.3, -0.25) is 0 Å². The van der Waals surface area contributed by atoms with Gasteiger partial charge >= 0.3 is 0 Å². The van der Waals surface area contributed by atoms with Gasteiger partial charge in [-0.15, -0.1) is 0 Å². The minimum atomic E-state index is -3.57. The van der Waals surface area contributed by atoms with Crippen LogP contribution in [0.1, 0.15) is 17.9 Å². The molecule has 1 atom stereocenters. The van der Waals surface area contributed by atoms with Crippen molar-refractivity contribution in [1.29, 1.82) is 0 Å². The van der Waals surface area contributed by atoms with E-state index in [2.05, 4.69) is 11.9 Å². The van der Waals surface area contributed by atoms with Crippen molar-refractivity contribution in [3.63, 3.8) is 0 Å². The zero-order chi connectivity index (χ0) is 18.1. The highest BCUT2D eigenvalue weighted by Crippen LogP contribution is 2.49. The summed E-state index contributed by atoms with van der Waals surface area (Å²) in [5.74, 6) is 1.06. The maximum Gasteiger partial charge on any atom is 0.269 e. The summed E-state index contributed by atoms with van der Waals surface area (Å²) in [6, 6.07) is 13.0. The molecule has 0 spiro atoms. The third kappa shape index (κ3) is 1.97. The van der Waals surface area contributed by atoms with Crippen LogP contribution in [-0.2, 0) is 10.0 Å². The Hall–Kier alpha value is -2.31. The molecule has 5 rings (SSSR count). The van der Waals surface area contributed by atoms with Gasteiger partial charge in [0.2, 0.25) is 0 Å². The molecule has 0 aliphatic carbocycles. The number of nitrogens with zero attached hydrogens (tertiary/aromatic N) is 2. The fourth-order valence-corrected chi connectivity index (χ4v) is 6.21. The van der Waals surface area contributed by atoms with Crippen molar-refractivity contribution in [2.45, 2.75) is 17.2 Å². The fraction of sp³-hybridized carbons (Fsp3) is 0.300. The van der Waals surface area contributed by atoms with E-state index in [-0.39, 0.29) is 0 Å². The van der Waals surface area contributed by atoms with Crippen molar-refractivity contribution in [3.05, 3.63) is 48.0 Å². The van der Waals surface area contributed by atoms with Crippen molar-refractivity contribution in [3.8, 4) is 17.0 Å². The van der Waals surface area contributed by atoms with E-state index in [1.807, 2.05) is 30.3 Å². The van der Waals surface area contributed by atoms with E-state index in [0.29, 0.717) is 10.8 Å². The summed E-state index contributed by atoms with van der Waals surface area (Å²) in [6.45, 7) is 1.96. The van der Waals surface area contributed by atoms with Crippen LogP contribution in [0.25, 0.3) is 22.2 Å². The third-order valence-corrected chi connectivity index (χ3v) is 7.40. The zero-order valence-electron chi connectivity index (χ0n) is 14.8. The minimum Gasteiger partial charge on any atom is -0.497 e. The van der Waals surface area contributed by atoms with Gasteiger partial charge < -0.3 is 9.64 Å². The molecule has 2 aliphatic heterocycles. The molecule has 6 heteroatoms. The molecule has 1 saturated heterocycles. The normalized spacial score (nSPS) is 21.1. The maximum absolute atomic E-state index is 13.3. The molecule has 0 bridgehead atoms. The average molecular weight is 368 g/mol. The van der Waals surface area contributed by atoms with Gasteiger partial charge in [-0.05, 0) is 49.8 Å². The maximum atomic E-state index is 13.3. The number of likely N-dealkylation sites (N-methyl/N-ethyl adjacent to an activating group) is 1. The highest BCUT2D eigenvalue weighted by molar-refractivity contribution is 7.90. The van der Waals surface area contributed by atoms with Crippen molar-refractivity contribution >= 4 is 20.9 Å². The lowest BCUT2D eigenvalue weighted by molar-refractivity contribution is 0.411. The monoisotopic (exact) mass is 368 g/mol. The molecule has 1 aromatic heterocycles. The van der Waals surface area contributed by atoms with Crippen molar-refractivity contribution < 1.29 is 13.2 Å². The lowest BCUT2D eigenvalue weighted by Gasteiger charge is -2.13. The molecule has 3 heterocycles. The van der Waals surface area contributed by atoms with Crippen LogP contribution >= 0.6 is 0 Å². The highest BCUT2D eigenvalue weighted by Gasteiger charge is 2.39. The van der Waals surface area contributed by atoms with Crippen LogP contribution in [-0.4, -0.2) is 44.5 Å². The summed E-state index contributed by atoms with van der Waals surface area (Å²) < 4.78 is 33.5. The largest absolute Gasteiger partial charge is 0.497 e. The Morgan fingerprint density at radius 2 is 1.96 bits per heavy atom. The van der Waals surface area contributed by atoms with Crippen LogP contribution in [0.2, 0.25) is 0 Å².